The number of ether oxygens (including phenoxy) is 1. The van der Waals surface area contributed by atoms with Crippen LogP contribution in [0.4, 0.5) is 0 Å². The molecule has 2 amide bonds. The minimum absolute atomic E-state index is 0.0775. The number of rotatable bonds is 7. The monoisotopic (exact) mass is 470 g/mol. The summed E-state index contributed by atoms with van der Waals surface area (Å²) in [6.07, 6.45) is 5.76. The number of hydrogen-bond acceptors (Lipinski definition) is 5. The normalized spacial score (nSPS) is 16.7. The number of benzene rings is 2. The van der Waals surface area contributed by atoms with Gasteiger partial charge in [0.25, 0.3) is 11.8 Å². The van der Waals surface area contributed by atoms with Gasteiger partial charge in [-0.05, 0) is 73.0 Å². The van der Waals surface area contributed by atoms with E-state index >= 15 is 0 Å². The second-order valence-corrected chi connectivity index (χ2v) is 9.05. The summed E-state index contributed by atoms with van der Waals surface area (Å²) in [4.78, 5) is 32.0. The number of nitrogens with one attached hydrogen (secondary N) is 2. The molecule has 1 fully saturated rings. The van der Waals surface area contributed by atoms with Crippen LogP contribution >= 0.6 is 0 Å². The molecule has 2 aliphatic heterocycles. The molecule has 35 heavy (non-hydrogen) atoms. The van der Waals surface area contributed by atoms with Crippen molar-refractivity contribution >= 4 is 11.8 Å². The first-order valence-corrected chi connectivity index (χ1v) is 12.2. The molecule has 0 bridgehead atoms. The van der Waals surface area contributed by atoms with Gasteiger partial charge in [0.1, 0.15) is 12.4 Å². The minimum Gasteiger partial charge on any atom is -0.487 e. The Morgan fingerprint density at radius 1 is 1.06 bits per heavy atom. The quantitative estimate of drug-likeness (QED) is 0.549. The Balaban J connectivity index is 1.19. The Bertz CT molecular complexity index is 1240. The average Bonchev–Trinajstić information content (AvgIpc) is 3.37. The van der Waals surface area contributed by atoms with E-state index in [1.807, 2.05) is 48.5 Å². The predicted octanol–water partition coefficient (Wildman–Crippen LogP) is 3.79. The van der Waals surface area contributed by atoms with E-state index in [0.29, 0.717) is 36.9 Å². The molecule has 5 rings (SSSR count). The van der Waals surface area contributed by atoms with Crippen molar-refractivity contribution in [1.82, 2.24) is 20.5 Å². The van der Waals surface area contributed by atoms with Gasteiger partial charge in [0.05, 0.1) is 6.20 Å². The van der Waals surface area contributed by atoms with Crippen molar-refractivity contribution in [3.8, 4) is 16.9 Å². The maximum atomic E-state index is 12.8. The van der Waals surface area contributed by atoms with Crippen molar-refractivity contribution in [3.63, 3.8) is 0 Å². The van der Waals surface area contributed by atoms with Crippen molar-refractivity contribution < 1.29 is 14.3 Å². The lowest BCUT2D eigenvalue weighted by Crippen LogP contribution is -2.40. The summed E-state index contributed by atoms with van der Waals surface area (Å²) in [5.41, 5.74) is 5.08. The van der Waals surface area contributed by atoms with Crippen LogP contribution in [0.25, 0.3) is 11.1 Å². The lowest BCUT2D eigenvalue weighted by molar-refractivity contribution is 0.0938. The van der Waals surface area contributed by atoms with E-state index in [2.05, 4.69) is 27.4 Å². The first kappa shape index (κ1) is 23.1. The van der Waals surface area contributed by atoms with Gasteiger partial charge in [-0.25, -0.2) is 0 Å². The summed E-state index contributed by atoms with van der Waals surface area (Å²) in [6.45, 7) is 5.69. The molecule has 7 heteroatoms. The third kappa shape index (κ3) is 5.05. The minimum atomic E-state index is -0.163. The highest BCUT2D eigenvalue weighted by molar-refractivity contribution is 5.96. The highest BCUT2D eigenvalue weighted by Gasteiger charge is 2.23. The number of hydrogen-bond donors (Lipinski definition) is 2. The number of aromatic nitrogens is 1. The van der Waals surface area contributed by atoms with Gasteiger partial charge in [-0.1, -0.05) is 25.1 Å². The molecule has 3 heterocycles. The summed E-state index contributed by atoms with van der Waals surface area (Å²) in [7, 11) is 0. The fourth-order valence-electron chi connectivity index (χ4n) is 4.95. The molecular weight excluding hydrogens is 440 g/mol. The van der Waals surface area contributed by atoms with Crippen molar-refractivity contribution in [2.75, 3.05) is 19.6 Å². The summed E-state index contributed by atoms with van der Waals surface area (Å²) < 4.78 is 5.78. The van der Waals surface area contributed by atoms with Gasteiger partial charge in [0.2, 0.25) is 0 Å². The second kappa shape index (κ2) is 10.3. The van der Waals surface area contributed by atoms with Gasteiger partial charge < -0.3 is 15.4 Å². The number of carbonyl (C=O) groups is 2. The van der Waals surface area contributed by atoms with Gasteiger partial charge in [-0.3, -0.25) is 19.5 Å². The van der Waals surface area contributed by atoms with E-state index in [1.54, 1.807) is 12.4 Å². The Kier molecular flexibility index (Phi) is 6.77. The molecule has 0 spiro atoms. The maximum absolute atomic E-state index is 12.8. The van der Waals surface area contributed by atoms with Crippen LogP contribution in [0.1, 0.15) is 51.6 Å². The van der Waals surface area contributed by atoms with Gasteiger partial charge in [-0.15, -0.1) is 0 Å². The second-order valence-electron chi connectivity index (χ2n) is 9.05. The highest BCUT2D eigenvalue weighted by Crippen LogP contribution is 2.36. The smallest absolute Gasteiger partial charge is 0.251 e. The molecule has 0 unspecified atom stereocenters. The molecule has 180 valence electrons. The number of fused-ring (bicyclic) bond motifs is 3. The molecule has 7 nitrogen and oxygen atoms in total. The van der Waals surface area contributed by atoms with Crippen LogP contribution in [0.5, 0.6) is 5.75 Å². The standard InChI is InChI=1S/C28H30N4O3/c1-2-32-12-4-7-23(32)16-31-27(33)20-6-3-5-19(13-20)15-30-28(34)21-8-9-24-22(14-21)18-35-26-17-29-11-10-25(24)26/h3,5-6,8-11,13-14,17,23H,2,4,7,12,15-16,18H2,1H3,(H,30,34)(H,31,33)/t23-/m0/s1. The summed E-state index contributed by atoms with van der Waals surface area (Å²) in [5, 5.41) is 6.04. The van der Waals surface area contributed by atoms with E-state index in [0.717, 1.165) is 47.5 Å². The zero-order chi connectivity index (χ0) is 24.2. The largest absolute Gasteiger partial charge is 0.487 e. The lowest BCUT2D eigenvalue weighted by atomic mass is 9.96. The number of amides is 2. The van der Waals surface area contributed by atoms with Crippen LogP contribution in [0, 0.1) is 0 Å². The van der Waals surface area contributed by atoms with Crippen LogP contribution in [-0.2, 0) is 13.2 Å². The molecule has 2 aliphatic rings. The molecule has 3 aromatic rings. The summed E-state index contributed by atoms with van der Waals surface area (Å²) >= 11 is 0. The first-order chi connectivity index (χ1) is 17.1. The van der Waals surface area contributed by atoms with E-state index in [4.69, 9.17) is 4.74 Å². The highest BCUT2D eigenvalue weighted by atomic mass is 16.5. The SMILES string of the molecule is CCN1CCC[C@H]1CNC(=O)c1cccc(CNC(=O)c2ccc3c(c2)COc2cnccc2-3)c1. The van der Waals surface area contributed by atoms with Gasteiger partial charge >= 0.3 is 0 Å². The van der Waals surface area contributed by atoms with E-state index in [-0.39, 0.29) is 11.8 Å². The van der Waals surface area contributed by atoms with E-state index < -0.39 is 0 Å². The number of carbonyl (C=O) groups excluding carboxylic acids is 2. The van der Waals surface area contributed by atoms with Gasteiger partial charge in [0, 0.05) is 42.0 Å². The van der Waals surface area contributed by atoms with Crippen LogP contribution in [0.2, 0.25) is 0 Å². The zero-order valence-corrected chi connectivity index (χ0v) is 19.9. The molecule has 0 saturated carbocycles. The molecule has 0 radical (unpaired) electrons. The lowest BCUT2D eigenvalue weighted by Gasteiger charge is -2.22. The Morgan fingerprint density at radius 3 is 2.80 bits per heavy atom. The number of likely N-dealkylation sites (N-methyl/N-ethyl adjacent to an activating group) is 1. The van der Waals surface area contributed by atoms with Crippen molar-refractivity contribution in [3.05, 3.63) is 83.2 Å². The van der Waals surface area contributed by atoms with Crippen LogP contribution in [-0.4, -0.2) is 47.4 Å². The van der Waals surface area contributed by atoms with Gasteiger partial charge in [-0.2, -0.15) is 0 Å². The third-order valence-electron chi connectivity index (χ3n) is 6.87. The molecule has 2 aromatic carbocycles. The third-order valence-corrected chi connectivity index (χ3v) is 6.87. The van der Waals surface area contributed by atoms with Crippen molar-refractivity contribution in [1.29, 1.82) is 0 Å². The zero-order valence-electron chi connectivity index (χ0n) is 19.9. The summed E-state index contributed by atoms with van der Waals surface area (Å²) in [6, 6.07) is 15.4. The predicted molar refractivity (Wildman–Crippen MR) is 134 cm³/mol. The molecule has 0 aliphatic carbocycles. The maximum Gasteiger partial charge on any atom is 0.251 e. The van der Waals surface area contributed by atoms with E-state index in [1.165, 1.54) is 6.42 Å². The molecule has 2 N–H and O–H groups in total. The molecule has 1 aromatic heterocycles. The van der Waals surface area contributed by atoms with Crippen molar-refractivity contribution in [2.45, 2.75) is 39.0 Å². The molecular formula is C28H30N4O3. The van der Waals surface area contributed by atoms with Crippen molar-refractivity contribution in [2.24, 2.45) is 0 Å². The summed E-state index contributed by atoms with van der Waals surface area (Å²) in [5.74, 6) is 0.516. The number of likely N-dealkylation sites (tertiary alicyclic amines) is 1. The van der Waals surface area contributed by atoms with Gasteiger partial charge in [0.15, 0.2) is 0 Å². The van der Waals surface area contributed by atoms with Crippen LogP contribution in [0.3, 0.4) is 0 Å². The van der Waals surface area contributed by atoms with Crippen LogP contribution < -0.4 is 15.4 Å². The molecule has 1 atom stereocenters. The first-order valence-electron chi connectivity index (χ1n) is 12.2. The molecule has 1 saturated heterocycles. The fourth-order valence-corrected chi connectivity index (χ4v) is 4.95. The number of pyridine rings is 1. The Labute approximate surface area is 205 Å². The topological polar surface area (TPSA) is 83.6 Å². The van der Waals surface area contributed by atoms with E-state index in [9.17, 15) is 9.59 Å². The van der Waals surface area contributed by atoms with Crippen LogP contribution in [0.15, 0.2) is 60.9 Å². The Morgan fingerprint density at radius 2 is 1.91 bits per heavy atom. The Hall–Kier alpha value is -3.71. The average molecular weight is 471 g/mol. The fraction of sp³-hybridized carbons (Fsp3) is 0.321. The number of nitrogens with zero attached hydrogens (tertiary/aromatic N) is 2.